The minimum Gasteiger partial charge on any atom is -0.508 e. The van der Waals surface area contributed by atoms with Crippen LogP contribution in [-0.2, 0) is 6.42 Å². The molecule has 0 spiro atoms. The SMILES string of the molecule is Oc1ccc(S[C@@H]2CCN(C[C@@H](O)CCc3ccccc3)C2)cc1. The molecule has 0 radical (unpaired) electrons. The van der Waals surface area contributed by atoms with Crippen molar-refractivity contribution in [3.05, 3.63) is 60.2 Å². The van der Waals surface area contributed by atoms with Gasteiger partial charge in [0, 0.05) is 23.2 Å². The van der Waals surface area contributed by atoms with Crippen LogP contribution in [0.3, 0.4) is 0 Å². The topological polar surface area (TPSA) is 43.7 Å². The van der Waals surface area contributed by atoms with Crippen molar-refractivity contribution in [2.75, 3.05) is 19.6 Å². The molecule has 2 aromatic rings. The van der Waals surface area contributed by atoms with E-state index in [1.165, 1.54) is 10.5 Å². The van der Waals surface area contributed by atoms with Gasteiger partial charge in [0.1, 0.15) is 5.75 Å². The van der Waals surface area contributed by atoms with Crippen molar-refractivity contribution in [1.29, 1.82) is 0 Å². The predicted molar refractivity (Wildman–Crippen MR) is 99.6 cm³/mol. The summed E-state index contributed by atoms with van der Waals surface area (Å²) in [6.45, 7) is 2.84. The highest BCUT2D eigenvalue weighted by molar-refractivity contribution is 8.00. The maximum atomic E-state index is 10.3. The molecule has 0 aliphatic carbocycles. The number of benzene rings is 2. The standard InChI is InChI=1S/C20H25NO2S/c22-17-8-10-19(11-9-17)24-20-12-13-21(15-20)14-18(23)7-6-16-4-2-1-3-5-16/h1-5,8-11,18,20,22-23H,6-7,12-15H2/t18-,20+/m0/s1. The van der Waals surface area contributed by atoms with E-state index in [1.807, 2.05) is 42.1 Å². The van der Waals surface area contributed by atoms with Gasteiger partial charge in [-0.25, -0.2) is 0 Å². The van der Waals surface area contributed by atoms with Gasteiger partial charge in [-0.05, 0) is 55.6 Å². The molecule has 0 bridgehead atoms. The van der Waals surface area contributed by atoms with Gasteiger partial charge in [0.25, 0.3) is 0 Å². The fourth-order valence-corrected chi connectivity index (χ4v) is 4.33. The Hall–Kier alpha value is -1.49. The molecule has 0 saturated carbocycles. The second-order valence-electron chi connectivity index (χ2n) is 6.46. The maximum absolute atomic E-state index is 10.3. The molecule has 3 rings (SSSR count). The van der Waals surface area contributed by atoms with Crippen molar-refractivity contribution in [2.45, 2.75) is 35.5 Å². The normalized spacial score (nSPS) is 19.5. The molecular formula is C20H25NO2S. The zero-order chi connectivity index (χ0) is 16.8. The first-order chi connectivity index (χ1) is 11.7. The van der Waals surface area contributed by atoms with Crippen LogP contribution >= 0.6 is 11.8 Å². The van der Waals surface area contributed by atoms with E-state index in [-0.39, 0.29) is 6.10 Å². The number of aromatic hydroxyl groups is 1. The third kappa shape index (κ3) is 5.26. The number of thioether (sulfide) groups is 1. The van der Waals surface area contributed by atoms with Gasteiger partial charge in [0.05, 0.1) is 6.10 Å². The number of phenolic OH excluding ortho intramolecular Hbond substituents is 1. The Kier molecular flexibility index (Phi) is 6.18. The molecule has 2 atom stereocenters. The Labute approximate surface area is 148 Å². The third-order valence-corrected chi connectivity index (χ3v) is 5.71. The Morgan fingerprint density at radius 1 is 1.08 bits per heavy atom. The number of rotatable bonds is 7. The minimum absolute atomic E-state index is 0.261. The van der Waals surface area contributed by atoms with Crippen molar-refractivity contribution in [3.63, 3.8) is 0 Å². The number of hydrogen-bond acceptors (Lipinski definition) is 4. The Balaban J connectivity index is 1.40. The molecule has 1 fully saturated rings. The van der Waals surface area contributed by atoms with Gasteiger partial charge in [0.15, 0.2) is 0 Å². The molecule has 0 amide bonds. The van der Waals surface area contributed by atoms with Crippen LogP contribution in [0, 0.1) is 0 Å². The van der Waals surface area contributed by atoms with Crippen molar-refractivity contribution < 1.29 is 10.2 Å². The van der Waals surface area contributed by atoms with Crippen LogP contribution in [0.1, 0.15) is 18.4 Å². The highest BCUT2D eigenvalue weighted by Gasteiger charge is 2.24. The van der Waals surface area contributed by atoms with E-state index >= 15 is 0 Å². The van der Waals surface area contributed by atoms with Crippen LogP contribution in [-0.4, -0.2) is 46.1 Å². The van der Waals surface area contributed by atoms with Crippen LogP contribution in [0.25, 0.3) is 0 Å². The van der Waals surface area contributed by atoms with Gasteiger partial charge in [-0.2, -0.15) is 0 Å². The lowest BCUT2D eigenvalue weighted by Crippen LogP contribution is -2.31. The summed E-state index contributed by atoms with van der Waals surface area (Å²) in [5.41, 5.74) is 1.29. The highest BCUT2D eigenvalue weighted by atomic mass is 32.2. The van der Waals surface area contributed by atoms with Gasteiger partial charge < -0.3 is 10.2 Å². The van der Waals surface area contributed by atoms with E-state index < -0.39 is 0 Å². The second-order valence-corrected chi connectivity index (χ2v) is 7.83. The summed E-state index contributed by atoms with van der Waals surface area (Å²) < 4.78 is 0. The number of aryl methyl sites for hydroxylation is 1. The van der Waals surface area contributed by atoms with E-state index in [2.05, 4.69) is 17.0 Å². The van der Waals surface area contributed by atoms with Crippen molar-refractivity contribution in [3.8, 4) is 5.75 Å². The zero-order valence-electron chi connectivity index (χ0n) is 13.8. The number of likely N-dealkylation sites (tertiary alicyclic amines) is 1. The lowest BCUT2D eigenvalue weighted by atomic mass is 10.1. The molecule has 1 saturated heterocycles. The van der Waals surface area contributed by atoms with Crippen molar-refractivity contribution in [1.82, 2.24) is 4.90 Å². The van der Waals surface area contributed by atoms with Crippen molar-refractivity contribution in [2.24, 2.45) is 0 Å². The fourth-order valence-electron chi connectivity index (χ4n) is 3.14. The smallest absolute Gasteiger partial charge is 0.115 e. The number of β-amino-alcohol motifs (C(OH)–C–C–N with tert-alkyl or cyclic N) is 1. The van der Waals surface area contributed by atoms with Crippen LogP contribution in [0.15, 0.2) is 59.5 Å². The van der Waals surface area contributed by atoms with E-state index in [0.29, 0.717) is 11.0 Å². The Morgan fingerprint density at radius 3 is 2.58 bits per heavy atom. The molecule has 2 aromatic carbocycles. The van der Waals surface area contributed by atoms with Gasteiger partial charge in [0.2, 0.25) is 0 Å². The minimum atomic E-state index is -0.261. The summed E-state index contributed by atoms with van der Waals surface area (Å²) in [7, 11) is 0. The average Bonchev–Trinajstić information content (AvgIpc) is 3.03. The Morgan fingerprint density at radius 2 is 1.83 bits per heavy atom. The first-order valence-corrected chi connectivity index (χ1v) is 9.47. The molecular weight excluding hydrogens is 318 g/mol. The number of aliphatic hydroxyl groups is 1. The maximum Gasteiger partial charge on any atom is 0.115 e. The van der Waals surface area contributed by atoms with Crippen LogP contribution < -0.4 is 0 Å². The van der Waals surface area contributed by atoms with Gasteiger partial charge in [-0.1, -0.05) is 30.3 Å². The summed E-state index contributed by atoms with van der Waals surface area (Å²) in [6.07, 6.45) is 2.64. The number of nitrogens with zero attached hydrogens (tertiary/aromatic N) is 1. The van der Waals surface area contributed by atoms with E-state index in [4.69, 9.17) is 0 Å². The second kappa shape index (κ2) is 8.56. The molecule has 3 nitrogen and oxygen atoms in total. The average molecular weight is 343 g/mol. The summed E-state index contributed by atoms with van der Waals surface area (Å²) >= 11 is 1.87. The molecule has 0 unspecified atom stereocenters. The lowest BCUT2D eigenvalue weighted by molar-refractivity contribution is 0.117. The molecule has 1 aliphatic heterocycles. The van der Waals surface area contributed by atoms with Crippen molar-refractivity contribution >= 4 is 11.8 Å². The van der Waals surface area contributed by atoms with Crippen LogP contribution in [0.4, 0.5) is 0 Å². The number of aliphatic hydroxyl groups excluding tert-OH is 1. The van der Waals surface area contributed by atoms with Gasteiger partial charge in [-0.3, -0.25) is 4.90 Å². The molecule has 0 aromatic heterocycles. The molecule has 4 heteroatoms. The van der Waals surface area contributed by atoms with Gasteiger partial charge in [-0.15, -0.1) is 11.8 Å². The van der Waals surface area contributed by atoms with Crippen LogP contribution in [0.2, 0.25) is 0 Å². The quantitative estimate of drug-likeness (QED) is 0.807. The number of phenols is 1. The fraction of sp³-hybridized carbons (Fsp3) is 0.400. The first-order valence-electron chi connectivity index (χ1n) is 8.59. The summed E-state index contributed by atoms with van der Waals surface area (Å²) in [6, 6.07) is 17.8. The summed E-state index contributed by atoms with van der Waals surface area (Å²) in [5, 5.41) is 20.2. The molecule has 24 heavy (non-hydrogen) atoms. The largest absolute Gasteiger partial charge is 0.508 e. The van der Waals surface area contributed by atoms with E-state index in [9.17, 15) is 10.2 Å². The number of hydrogen-bond donors (Lipinski definition) is 2. The molecule has 1 aliphatic rings. The predicted octanol–water partition coefficient (Wildman–Crippen LogP) is 3.55. The van der Waals surface area contributed by atoms with E-state index in [0.717, 1.165) is 38.9 Å². The zero-order valence-corrected chi connectivity index (χ0v) is 14.7. The monoisotopic (exact) mass is 343 g/mol. The van der Waals surface area contributed by atoms with Gasteiger partial charge >= 0.3 is 0 Å². The van der Waals surface area contributed by atoms with Crippen LogP contribution in [0.5, 0.6) is 5.75 Å². The lowest BCUT2D eigenvalue weighted by Gasteiger charge is -2.20. The summed E-state index contributed by atoms with van der Waals surface area (Å²) in [4.78, 5) is 3.57. The van der Waals surface area contributed by atoms with E-state index in [1.54, 1.807) is 12.1 Å². The highest BCUT2D eigenvalue weighted by Crippen LogP contribution is 2.30. The first kappa shape index (κ1) is 17.3. The molecule has 128 valence electrons. The summed E-state index contributed by atoms with van der Waals surface area (Å²) in [5.74, 6) is 0.314. The Bertz CT molecular complexity index is 617. The molecule has 1 heterocycles. The third-order valence-electron chi connectivity index (χ3n) is 4.45. The molecule has 2 N–H and O–H groups in total.